The number of fused-ring (bicyclic) bond motifs is 3. The summed E-state index contributed by atoms with van der Waals surface area (Å²) in [5.41, 5.74) is 8.67. The van der Waals surface area contributed by atoms with Crippen LogP contribution >= 0.6 is 0 Å². The Hall–Kier alpha value is -2.81. The molecule has 0 saturated carbocycles. The Kier molecular flexibility index (Phi) is 4.54. The molecule has 2 bridgehead atoms. The molecule has 2 fully saturated rings. The summed E-state index contributed by atoms with van der Waals surface area (Å²) in [6, 6.07) is 0.342. The number of imidazole rings is 1. The lowest BCUT2D eigenvalue weighted by molar-refractivity contribution is 0.0299. The SMILES string of the molecule is CCC(CC)n1cnc2c(-c3cnc(N)cn3)nc(N3C[C@H]4CC[C@@H](C3)O4)nc21. The summed E-state index contributed by atoms with van der Waals surface area (Å²) in [4.78, 5) is 25.4. The highest BCUT2D eigenvalue weighted by atomic mass is 16.5. The Morgan fingerprint density at radius 1 is 1.07 bits per heavy atom. The highest BCUT2D eigenvalue weighted by Gasteiger charge is 2.35. The average molecular weight is 394 g/mol. The molecule has 2 aliphatic heterocycles. The van der Waals surface area contributed by atoms with E-state index in [1.165, 1.54) is 0 Å². The summed E-state index contributed by atoms with van der Waals surface area (Å²) in [5, 5.41) is 0. The summed E-state index contributed by atoms with van der Waals surface area (Å²) >= 11 is 0. The summed E-state index contributed by atoms with van der Waals surface area (Å²) in [5.74, 6) is 1.09. The topological polar surface area (TPSA) is 108 Å². The molecule has 2 saturated heterocycles. The summed E-state index contributed by atoms with van der Waals surface area (Å²) in [7, 11) is 0. The third kappa shape index (κ3) is 3.19. The average Bonchev–Trinajstić information content (AvgIpc) is 3.32. The van der Waals surface area contributed by atoms with Gasteiger partial charge in [0.25, 0.3) is 0 Å². The van der Waals surface area contributed by atoms with Crippen LogP contribution in [0.4, 0.5) is 11.8 Å². The number of nitrogens with zero attached hydrogens (tertiary/aromatic N) is 7. The first-order valence-electron chi connectivity index (χ1n) is 10.4. The van der Waals surface area contributed by atoms with Gasteiger partial charge in [0.2, 0.25) is 5.95 Å². The van der Waals surface area contributed by atoms with Gasteiger partial charge < -0.3 is 19.9 Å². The zero-order chi connectivity index (χ0) is 20.0. The van der Waals surface area contributed by atoms with E-state index in [9.17, 15) is 0 Å². The molecule has 152 valence electrons. The maximum Gasteiger partial charge on any atom is 0.228 e. The Bertz CT molecular complexity index is 1000. The monoisotopic (exact) mass is 394 g/mol. The van der Waals surface area contributed by atoms with Gasteiger partial charge >= 0.3 is 0 Å². The molecule has 2 N–H and O–H groups in total. The van der Waals surface area contributed by atoms with Crippen molar-refractivity contribution in [1.82, 2.24) is 29.5 Å². The highest BCUT2D eigenvalue weighted by Crippen LogP contribution is 2.32. The van der Waals surface area contributed by atoms with Gasteiger partial charge in [0.15, 0.2) is 5.65 Å². The van der Waals surface area contributed by atoms with Crippen LogP contribution in [0.1, 0.15) is 45.6 Å². The van der Waals surface area contributed by atoms with E-state index in [1.807, 2.05) is 6.33 Å². The molecule has 2 aliphatic rings. The van der Waals surface area contributed by atoms with E-state index in [1.54, 1.807) is 12.4 Å². The third-order valence-electron chi connectivity index (χ3n) is 5.99. The number of anilines is 2. The second-order valence-corrected chi connectivity index (χ2v) is 7.86. The summed E-state index contributed by atoms with van der Waals surface area (Å²) in [6.45, 7) is 6.00. The van der Waals surface area contributed by atoms with Gasteiger partial charge in [0.05, 0.1) is 30.9 Å². The van der Waals surface area contributed by atoms with Gasteiger partial charge in [0, 0.05) is 19.1 Å². The molecule has 3 aromatic heterocycles. The molecule has 3 aromatic rings. The first-order chi connectivity index (χ1) is 14.2. The van der Waals surface area contributed by atoms with Crippen molar-refractivity contribution in [1.29, 1.82) is 0 Å². The summed E-state index contributed by atoms with van der Waals surface area (Å²) in [6.07, 6.45) is 9.83. The Morgan fingerprint density at radius 3 is 2.48 bits per heavy atom. The van der Waals surface area contributed by atoms with Gasteiger partial charge in [-0.2, -0.15) is 4.98 Å². The van der Waals surface area contributed by atoms with Gasteiger partial charge in [-0.1, -0.05) is 13.8 Å². The minimum atomic E-state index is 0.261. The van der Waals surface area contributed by atoms with Crippen LogP contribution in [0.3, 0.4) is 0 Å². The zero-order valence-electron chi connectivity index (χ0n) is 16.8. The van der Waals surface area contributed by atoms with Crippen molar-refractivity contribution < 1.29 is 4.74 Å². The van der Waals surface area contributed by atoms with E-state index in [4.69, 9.17) is 20.4 Å². The van der Waals surface area contributed by atoms with Crippen molar-refractivity contribution >= 4 is 22.9 Å². The molecule has 2 atom stereocenters. The normalized spacial score (nSPS) is 21.4. The highest BCUT2D eigenvalue weighted by molar-refractivity contribution is 5.87. The van der Waals surface area contributed by atoms with Crippen LogP contribution in [0.25, 0.3) is 22.6 Å². The van der Waals surface area contributed by atoms with Crippen molar-refractivity contribution in [3.05, 3.63) is 18.7 Å². The van der Waals surface area contributed by atoms with Crippen molar-refractivity contribution in [3.8, 4) is 11.4 Å². The molecule has 0 unspecified atom stereocenters. The first kappa shape index (κ1) is 18.2. The molecule has 9 nitrogen and oxygen atoms in total. The number of rotatable bonds is 5. The van der Waals surface area contributed by atoms with E-state index in [2.05, 4.69) is 38.3 Å². The predicted molar refractivity (Wildman–Crippen MR) is 110 cm³/mol. The van der Waals surface area contributed by atoms with Gasteiger partial charge in [-0.3, -0.25) is 0 Å². The standard InChI is InChI=1S/C20H26N8O/c1-3-12(4-2)28-11-24-18-17(15-7-23-16(21)8-22-15)25-20(26-19(18)28)27-9-13-5-6-14(10-27)29-13/h7-8,11-14H,3-6,9-10H2,1-2H3,(H2,21,23)/t13-,14+. The maximum atomic E-state index is 6.00. The lowest BCUT2D eigenvalue weighted by Gasteiger charge is -2.32. The number of morpholine rings is 1. The van der Waals surface area contributed by atoms with Crippen molar-refractivity contribution in [2.24, 2.45) is 0 Å². The Balaban J connectivity index is 1.66. The summed E-state index contributed by atoms with van der Waals surface area (Å²) < 4.78 is 8.17. The molecule has 9 heteroatoms. The first-order valence-corrected chi connectivity index (χ1v) is 10.4. The fourth-order valence-corrected chi connectivity index (χ4v) is 4.41. The van der Waals surface area contributed by atoms with Crippen LogP contribution in [-0.2, 0) is 4.74 Å². The predicted octanol–water partition coefficient (Wildman–Crippen LogP) is 2.59. The third-order valence-corrected chi connectivity index (χ3v) is 5.99. The van der Waals surface area contributed by atoms with E-state index in [-0.39, 0.29) is 12.2 Å². The minimum absolute atomic E-state index is 0.261. The van der Waals surface area contributed by atoms with Crippen molar-refractivity contribution in [2.45, 2.75) is 57.8 Å². The molecule has 5 rings (SSSR count). The fourth-order valence-electron chi connectivity index (χ4n) is 4.41. The van der Waals surface area contributed by atoms with Gasteiger partial charge in [0.1, 0.15) is 22.7 Å². The maximum absolute atomic E-state index is 6.00. The zero-order valence-corrected chi connectivity index (χ0v) is 16.8. The van der Waals surface area contributed by atoms with Crippen LogP contribution in [0.15, 0.2) is 18.7 Å². The lowest BCUT2D eigenvalue weighted by atomic mass is 10.1. The molecular formula is C20H26N8O. The second kappa shape index (κ2) is 7.22. The number of nitrogen functional groups attached to an aromatic ring is 1. The lowest BCUT2D eigenvalue weighted by Crippen LogP contribution is -2.43. The molecule has 0 amide bonds. The van der Waals surface area contributed by atoms with Crippen molar-refractivity contribution in [3.63, 3.8) is 0 Å². The minimum Gasteiger partial charge on any atom is -0.382 e. The number of hydrogen-bond donors (Lipinski definition) is 1. The van der Waals surface area contributed by atoms with Gasteiger partial charge in [-0.25, -0.2) is 19.9 Å². The van der Waals surface area contributed by atoms with Crippen LogP contribution in [-0.4, -0.2) is 54.8 Å². The number of ether oxygens (including phenoxy) is 1. The quantitative estimate of drug-likeness (QED) is 0.703. The fraction of sp³-hybridized carbons (Fsp3) is 0.550. The van der Waals surface area contributed by atoms with E-state index < -0.39 is 0 Å². The van der Waals surface area contributed by atoms with Gasteiger partial charge in [-0.05, 0) is 25.7 Å². The number of aromatic nitrogens is 6. The van der Waals surface area contributed by atoms with Crippen LogP contribution < -0.4 is 10.6 Å². The second-order valence-electron chi connectivity index (χ2n) is 7.86. The van der Waals surface area contributed by atoms with Crippen LogP contribution in [0.5, 0.6) is 0 Å². The van der Waals surface area contributed by atoms with Crippen LogP contribution in [0.2, 0.25) is 0 Å². The molecule has 0 aliphatic carbocycles. The van der Waals surface area contributed by atoms with E-state index >= 15 is 0 Å². The van der Waals surface area contributed by atoms with Crippen LogP contribution in [0, 0.1) is 0 Å². The van der Waals surface area contributed by atoms with Gasteiger partial charge in [-0.15, -0.1) is 0 Å². The molecule has 5 heterocycles. The molecule has 0 aromatic carbocycles. The number of nitrogens with two attached hydrogens (primary N) is 1. The molecule has 0 radical (unpaired) electrons. The number of hydrogen-bond acceptors (Lipinski definition) is 8. The molecular weight excluding hydrogens is 368 g/mol. The van der Waals surface area contributed by atoms with E-state index in [0.717, 1.165) is 49.9 Å². The largest absolute Gasteiger partial charge is 0.382 e. The smallest absolute Gasteiger partial charge is 0.228 e. The molecule has 0 spiro atoms. The molecule has 29 heavy (non-hydrogen) atoms. The van der Waals surface area contributed by atoms with Crippen molar-refractivity contribution in [2.75, 3.05) is 23.7 Å². The van der Waals surface area contributed by atoms with E-state index in [0.29, 0.717) is 29.2 Å². The Morgan fingerprint density at radius 2 is 1.83 bits per heavy atom. The Labute approximate surface area is 169 Å².